The molecule has 0 aromatic heterocycles. The van der Waals surface area contributed by atoms with Crippen LogP contribution in [0.25, 0.3) is 0 Å². The normalized spacial score (nSPS) is 19.9. The quantitative estimate of drug-likeness (QED) is 0.457. The first-order valence-electron chi connectivity index (χ1n) is 9.16. The highest BCUT2D eigenvalue weighted by atomic mass is 127. The zero-order chi connectivity index (χ0) is 20.3. The van der Waals surface area contributed by atoms with Crippen molar-refractivity contribution in [2.24, 2.45) is 5.92 Å². The number of hydrogen-bond donors (Lipinski definition) is 2. The number of fused-ring (bicyclic) bond motifs is 1. The van der Waals surface area contributed by atoms with Crippen molar-refractivity contribution in [3.05, 3.63) is 69.3 Å². The molecule has 2 N–H and O–H groups in total. The largest absolute Gasteiger partial charge is 0.497 e. The van der Waals surface area contributed by atoms with E-state index in [1.165, 1.54) is 0 Å². The van der Waals surface area contributed by atoms with Gasteiger partial charge in [0, 0.05) is 21.7 Å². The van der Waals surface area contributed by atoms with E-state index < -0.39 is 11.5 Å². The molecule has 0 radical (unpaired) electrons. The molecule has 0 unspecified atom stereocenters. The van der Waals surface area contributed by atoms with Crippen LogP contribution >= 0.6 is 22.6 Å². The topological polar surface area (TPSA) is 70.0 Å². The van der Waals surface area contributed by atoms with Gasteiger partial charge in [-0.05, 0) is 64.9 Å². The molecule has 1 aliphatic heterocycles. The van der Waals surface area contributed by atoms with Crippen molar-refractivity contribution in [1.29, 1.82) is 0 Å². The van der Waals surface area contributed by atoms with Crippen LogP contribution < -0.4 is 9.64 Å². The zero-order valence-electron chi connectivity index (χ0n) is 15.9. The molecule has 0 aliphatic carbocycles. The van der Waals surface area contributed by atoms with Crippen molar-refractivity contribution in [3.63, 3.8) is 0 Å². The van der Waals surface area contributed by atoms with Gasteiger partial charge < -0.3 is 19.8 Å². The monoisotopic (exact) mass is 493 g/mol. The first-order valence-corrected chi connectivity index (χ1v) is 10.2. The van der Waals surface area contributed by atoms with Gasteiger partial charge >= 0.3 is 0 Å². The summed E-state index contributed by atoms with van der Waals surface area (Å²) in [7, 11) is 1.56. The SMILES string of the molecule is COc1ccc2c(c1)[C@](O)([C@@H](C)/C=C/CCO)C(=O)N2Cc1ccc(I)cc1. The summed E-state index contributed by atoms with van der Waals surface area (Å²) in [6.45, 7) is 2.22. The summed E-state index contributed by atoms with van der Waals surface area (Å²) in [6, 6.07) is 13.3. The van der Waals surface area contributed by atoms with E-state index in [0.717, 1.165) is 9.13 Å². The summed E-state index contributed by atoms with van der Waals surface area (Å²) in [5.41, 5.74) is 0.542. The summed E-state index contributed by atoms with van der Waals surface area (Å²) >= 11 is 2.24. The number of methoxy groups -OCH3 is 1. The maximum absolute atomic E-state index is 13.4. The van der Waals surface area contributed by atoms with Crippen LogP contribution in [0.3, 0.4) is 0 Å². The fraction of sp³-hybridized carbons (Fsp3) is 0.318. The van der Waals surface area contributed by atoms with Crippen molar-refractivity contribution in [1.82, 2.24) is 0 Å². The van der Waals surface area contributed by atoms with Gasteiger partial charge in [-0.1, -0.05) is 31.2 Å². The molecule has 2 atom stereocenters. The second-order valence-electron chi connectivity index (χ2n) is 6.90. The van der Waals surface area contributed by atoms with Crippen LogP contribution in [0.1, 0.15) is 24.5 Å². The number of aliphatic hydroxyl groups is 2. The second kappa shape index (κ2) is 8.63. The minimum atomic E-state index is -1.68. The molecule has 2 aromatic carbocycles. The van der Waals surface area contributed by atoms with Gasteiger partial charge in [-0.15, -0.1) is 0 Å². The molecule has 0 saturated carbocycles. The predicted octanol–water partition coefficient (Wildman–Crippen LogP) is 3.61. The summed E-state index contributed by atoms with van der Waals surface area (Å²) < 4.78 is 6.44. The third-order valence-corrected chi connectivity index (χ3v) is 5.83. The average molecular weight is 493 g/mol. The van der Waals surface area contributed by atoms with Gasteiger partial charge in [0.15, 0.2) is 5.60 Å². The molecule has 1 aliphatic rings. The lowest BCUT2D eigenvalue weighted by atomic mass is 9.83. The van der Waals surface area contributed by atoms with E-state index in [9.17, 15) is 9.90 Å². The van der Waals surface area contributed by atoms with Crippen LogP contribution in [0.4, 0.5) is 5.69 Å². The number of carbonyl (C=O) groups is 1. The third-order valence-electron chi connectivity index (χ3n) is 5.11. The number of hydrogen-bond acceptors (Lipinski definition) is 4. The Labute approximate surface area is 178 Å². The smallest absolute Gasteiger partial charge is 0.264 e. The van der Waals surface area contributed by atoms with E-state index in [2.05, 4.69) is 22.6 Å². The van der Waals surface area contributed by atoms with Gasteiger partial charge in [0.25, 0.3) is 5.91 Å². The summed E-state index contributed by atoms with van der Waals surface area (Å²) in [4.78, 5) is 15.0. The molecular formula is C22H24INO4. The first kappa shape index (κ1) is 20.8. The Kier molecular flexibility index (Phi) is 6.42. The van der Waals surface area contributed by atoms with E-state index in [0.29, 0.717) is 30.0 Å². The molecule has 2 aromatic rings. The first-order chi connectivity index (χ1) is 13.4. The molecule has 0 fully saturated rings. The molecule has 28 heavy (non-hydrogen) atoms. The predicted molar refractivity (Wildman–Crippen MR) is 117 cm³/mol. The van der Waals surface area contributed by atoms with Gasteiger partial charge in [0.2, 0.25) is 0 Å². The van der Waals surface area contributed by atoms with Crippen molar-refractivity contribution in [2.75, 3.05) is 18.6 Å². The highest BCUT2D eigenvalue weighted by Gasteiger charge is 2.52. The highest BCUT2D eigenvalue weighted by molar-refractivity contribution is 14.1. The Hall–Kier alpha value is -1.90. The Morgan fingerprint density at radius 1 is 1.25 bits per heavy atom. The van der Waals surface area contributed by atoms with E-state index >= 15 is 0 Å². The highest BCUT2D eigenvalue weighted by Crippen LogP contribution is 2.47. The van der Waals surface area contributed by atoms with Crippen LogP contribution in [0.2, 0.25) is 0 Å². The van der Waals surface area contributed by atoms with Crippen LogP contribution in [-0.4, -0.2) is 29.8 Å². The van der Waals surface area contributed by atoms with E-state index in [1.54, 1.807) is 36.3 Å². The van der Waals surface area contributed by atoms with Crippen LogP contribution in [0.15, 0.2) is 54.6 Å². The summed E-state index contributed by atoms with van der Waals surface area (Å²) in [6.07, 6.45) is 4.05. The molecule has 0 spiro atoms. The summed E-state index contributed by atoms with van der Waals surface area (Å²) in [5, 5.41) is 20.5. The van der Waals surface area contributed by atoms with Gasteiger partial charge in [-0.25, -0.2) is 0 Å². The van der Waals surface area contributed by atoms with Crippen molar-refractivity contribution in [2.45, 2.75) is 25.5 Å². The molecule has 0 saturated heterocycles. The molecule has 148 valence electrons. The maximum Gasteiger partial charge on any atom is 0.264 e. The van der Waals surface area contributed by atoms with Crippen LogP contribution in [0.5, 0.6) is 5.75 Å². The molecule has 0 bridgehead atoms. The van der Waals surface area contributed by atoms with Crippen molar-refractivity contribution >= 4 is 34.2 Å². The number of anilines is 1. The minimum Gasteiger partial charge on any atom is -0.497 e. The average Bonchev–Trinajstić information content (AvgIpc) is 2.92. The van der Waals surface area contributed by atoms with Crippen molar-refractivity contribution < 1.29 is 19.7 Å². The number of halogens is 1. The van der Waals surface area contributed by atoms with Gasteiger partial charge in [0.05, 0.1) is 19.3 Å². The zero-order valence-corrected chi connectivity index (χ0v) is 18.1. The van der Waals surface area contributed by atoms with Gasteiger partial charge in [0.1, 0.15) is 5.75 Å². The molecule has 5 nitrogen and oxygen atoms in total. The fourth-order valence-corrected chi connectivity index (χ4v) is 3.86. The lowest BCUT2D eigenvalue weighted by Crippen LogP contribution is -2.44. The summed E-state index contributed by atoms with van der Waals surface area (Å²) in [5.74, 6) is -0.220. The van der Waals surface area contributed by atoms with Gasteiger partial charge in [-0.3, -0.25) is 4.79 Å². The standard InChI is InChI=1S/C22H24INO4/c1-15(5-3-4-12-25)22(27)19-13-18(28-2)10-11-20(19)24(21(22)26)14-16-6-8-17(23)9-7-16/h3,5-11,13,15,25,27H,4,12,14H2,1-2H3/b5-3+/t15-,22+/m0/s1. The van der Waals surface area contributed by atoms with Crippen LogP contribution in [0, 0.1) is 9.49 Å². The fourth-order valence-electron chi connectivity index (χ4n) is 3.50. The Morgan fingerprint density at radius 2 is 1.96 bits per heavy atom. The van der Waals surface area contributed by atoms with E-state index in [-0.39, 0.29) is 12.5 Å². The molecule has 1 amide bonds. The lowest BCUT2D eigenvalue weighted by molar-refractivity contribution is -0.139. The molecular weight excluding hydrogens is 469 g/mol. The molecule has 1 heterocycles. The third kappa shape index (κ3) is 3.81. The Bertz CT molecular complexity index is 881. The van der Waals surface area contributed by atoms with Gasteiger partial charge in [-0.2, -0.15) is 0 Å². The molecule has 6 heteroatoms. The number of aliphatic hydroxyl groups excluding tert-OH is 1. The minimum absolute atomic E-state index is 0.0267. The number of nitrogens with zero attached hydrogens (tertiary/aromatic N) is 1. The van der Waals surface area contributed by atoms with Crippen molar-refractivity contribution in [3.8, 4) is 5.75 Å². The van der Waals surface area contributed by atoms with E-state index in [1.807, 2.05) is 37.3 Å². The number of rotatable bonds is 7. The second-order valence-corrected chi connectivity index (χ2v) is 8.14. The maximum atomic E-state index is 13.4. The number of carbonyl (C=O) groups excluding carboxylic acids is 1. The number of ether oxygens (including phenoxy) is 1. The Morgan fingerprint density at radius 3 is 2.61 bits per heavy atom. The lowest BCUT2D eigenvalue weighted by Gasteiger charge is -2.27. The number of benzene rings is 2. The van der Waals surface area contributed by atoms with Crippen LogP contribution in [-0.2, 0) is 16.9 Å². The number of amides is 1. The van der Waals surface area contributed by atoms with E-state index in [4.69, 9.17) is 9.84 Å². The molecule has 3 rings (SSSR count). The Balaban J connectivity index is 2.02.